The van der Waals surface area contributed by atoms with Gasteiger partial charge in [-0.15, -0.1) is 12.4 Å². The number of carbonyl (C=O) groups is 1. The van der Waals surface area contributed by atoms with Crippen LogP contribution < -0.4 is 10.5 Å². The summed E-state index contributed by atoms with van der Waals surface area (Å²) in [5, 5.41) is 0. The minimum atomic E-state index is 0. The smallest absolute Gasteiger partial charge is 0.222 e. The van der Waals surface area contributed by atoms with E-state index >= 15 is 0 Å². The zero-order valence-electron chi connectivity index (χ0n) is 14.9. The average molecular weight is 343 g/mol. The lowest BCUT2D eigenvalue weighted by molar-refractivity contribution is -0.130. The summed E-state index contributed by atoms with van der Waals surface area (Å²) in [4.78, 5) is 14.1. The third-order valence-corrected chi connectivity index (χ3v) is 4.22. The van der Waals surface area contributed by atoms with E-state index in [-0.39, 0.29) is 30.3 Å². The average Bonchev–Trinajstić information content (AvgIpc) is 2.51. The van der Waals surface area contributed by atoms with E-state index in [1.807, 2.05) is 31.3 Å². The number of methoxy groups -OCH3 is 1. The molecule has 0 aromatic heterocycles. The van der Waals surface area contributed by atoms with Crippen molar-refractivity contribution in [3.63, 3.8) is 0 Å². The predicted octanol–water partition coefficient (Wildman–Crippen LogP) is 3.44. The Morgan fingerprint density at radius 3 is 2.52 bits per heavy atom. The highest BCUT2D eigenvalue weighted by molar-refractivity contribution is 5.85. The Kier molecular flexibility index (Phi) is 9.93. The molecule has 0 aliphatic carbocycles. The predicted molar refractivity (Wildman–Crippen MR) is 98.3 cm³/mol. The van der Waals surface area contributed by atoms with E-state index in [1.54, 1.807) is 12.0 Å². The molecule has 1 aromatic rings. The van der Waals surface area contributed by atoms with Crippen molar-refractivity contribution >= 4 is 18.3 Å². The Bertz CT molecular complexity index is 480. The Hall–Kier alpha value is -1.26. The fourth-order valence-electron chi connectivity index (χ4n) is 2.28. The maximum atomic E-state index is 12.3. The van der Waals surface area contributed by atoms with Gasteiger partial charge in [-0.05, 0) is 36.0 Å². The third kappa shape index (κ3) is 7.23. The monoisotopic (exact) mass is 342 g/mol. The highest BCUT2D eigenvalue weighted by atomic mass is 35.5. The summed E-state index contributed by atoms with van der Waals surface area (Å²) in [5.41, 5.74) is 7.16. The van der Waals surface area contributed by atoms with Gasteiger partial charge in [0.05, 0.1) is 7.11 Å². The molecule has 0 fully saturated rings. The van der Waals surface area contributed by atoms with Crippen molar-refractivity contribution in [2.75, 3.05) is 20.7 Å². The molecule has 2 unspecified atom stereocenters. The summed E-state index contributed by atoms with van der Waals surface area (Å²) in [7, 11) is 3.51. The maximum absolute atomic E-state index is 12.3. The molecule has 1 aromatic carbocycles. The molecular formula is C18H31ClN2O2. The van der Waals surface area contributed by atoms with E-state index in [0.717, 1.165) is 17.7 Å². The minimum absolute atomic E-state index is 0. The van der Waals surface area contributed by atoms with Gasteiger partial charge in [0.2, 0.25) is 5.91 Å². The Morgan fingerprint density at radius 2 is 1.96 bits per heavy atom. The van der Waals surface area contributed by atoms with E-state index in [4.69, 9.17) is 10.5 Å². The molecule has 2 atom stereocenters. The van der Waals surface area contributed by atoms with Crippen LogP contribution in [0.15, 0.2) is 24.3 Å². The fourth-order valence-corrected chi connectivity index (χ4v) is 2.28. The molecular weight excluding hydrogens is 312 g/mol. The largest absolute Gasteiger partial charge is 0.497 e. The summed E-state index contributed by atoms with van der Waals surface area (Å²) in [6.07, 6.45) is 1.34. The van der Waals surface area contributed by atoms with Crippen LogP contribution in [0.2, 0.25) is 0 Å². The second-order valence-corrected chi connectivity index (χ2v) is 6.39. The van der Waals surface area contributed by atoms with Crippen LogP contribution >= 0.6 is 12.4 Å². The summed E-state index contributed by atoms with van der Waals surface area (Å²) in [6.45, 7) is 7.00. The molecule has 2 N–H and O–H groups in total. The first kappa shape index (κ1) is 21.7. The number of nitrogens with two attached hydrogens (primary N) is 1. The van der Waals surface area contributed by atoms with E-state index in [9.17, 15) is 4.79 Å². The van der Waals surface area contributed by atoms with E-state index in [2.05, 4.69) is 20.8 Å². The fraction of sp³-hybridized carbons (Fsp3) is 0.611. The lowest BCUT2D eigenvalue weighted by atomic mass is 9.96. The van der Waals surface area contributed by atoms with E-state index in [1.165, 1.54) is 0 Å². The summed E-state index contributed by atoms with van der Waals surface area (Å²) in [6, 6.07) is 8.05. The molecule has 1 amide bonds. The van der Waals surface area contributed by atoms with Gasteiger partial charge in [-0.1, -0.05) is 32.9 Å². The molecule has 0 bridgehead atoms. The second kappa shape index (κ2) is 10.5. The van der Waals surface area contributed by atoms with Crippen molar-refractivity contribution in [3.05, 3.63) is 29.8 Å². The van der Waals surface area contributed by atoms with Crippen LogP contribution in [-0.4, -0.2) is 37.6 Å². The Morgan fingerprint density at radius 1 is 1.30 bits per heavy atom. The van der Waals surface area contributed by atoms with Crippen LogP contribution in [0.3, 0.4) is 0 Å². The number of hydrogen-bond donors (Lipinski definition) is 1. The number of benzene rings is 1. The van der Waals surface area contributed by atoms with Gasteiger partial charge in [0.1, 0.15) is 5.75 Å². The lowest BCUT2D eigenvalue weighted by Gasteiger charge is -2.23. The number of carbonyl (C=O) groups excluding carboxylic acids is 1. The Labute approximate surface area is 146 Å². The van der Waals surface area contributed by atoms with E-state index < -0.39 is 0 Å². The second-order valence-electron chi connectivity index (χ2n) is 6.39. The molecule has 0 saturated heterocycles. The normalized spacial score (nSPS) is 13.2. The first-order valence-electron chi connectivity index (χ1n) is 7.98. The van der Waals surface area contributed by atoms with Crippen LogP contribution in [0.1, 0.15) is 45.1 Å². The SMILES string of the molecule is COc1cccc(C(C)CC(=O)N(C)CCC(N)C(C)C)c1.Cl. The number of ether oxygens (including phenoxy) is 1. The van der Waals surface area contributed by atoms with Gasteiger partial charge in [0.15, 0.2) is 0 Å². The van der Waals surface area contributed by atoms with Crippen LogP contribution in [0.5, 0.6) is 5.75 Å². The molecule has 0 saturated carbocycles. The molecule has 132 valence electrons. The molecule has 1 rings (SSSR count). The number of halogens is 1. The van der Waals surface area contributed by atoms with Gasteiger partial charge in [-0.2, -0.15) is 0 Å². The first-order chi connectivity index (χ1) is 10.3. The summed E-state index contributed by atoms with van der Waals surface area (Å²) < 4.78 is 5.24. The quantitative estimate of drug-likeness (QED) is 0.787. The number of nitrogens with zero attached hydrogens (tertiary/aromatic N) is 1. The molecule has 23 heavy (non-hydrogen) atoms. The van der Waals surface area contributed by atoms with Gasteiger partial charge >= 0.3 is 0 Å². The minimum Gasteiger partial charge on any atom is -0.497 e. The van der Waals surface area contributed by atoms with Crippen molar-refractivity contribution in [1.82, 2.24) is 4.90 Å². The standard InChI is InChI=1S/C18H30N2O2.ClH/c1-13(2)17(19)9-10-20(4)18(21)11-14(3)15-7-6-8-16(12-15)22-5;/h6-8,12-14,17H,9-11,19H2,1-5H3;1H. The van der Waals surface area contributed by atoms with Crippen LogP contribution in [0.4, 0.5) is 0 Å². The van der Waals surface area contributed by atoms with Gasteiger partial charge < -0.3 is 15.4 Å². The third-order valence-electron chi connectivity index (χ3n) is 4.22. The van der Waals surface area contributed by atoms with Crippen molar-refractivity contribution in [3.8, 4) is 5.75 Å². The molecule has 0 radical (unpaired) electrons. The topological polar surface area (TPSA) is 55.6 Å². The molecule has 4 nitrogen and oxygen atoms in total. The van der Waals surface area contributed by atoms with Gasteiger partial charge in [0.25, 0.3) is 0 Å². The van der Waals surface area contributed by atoms with Crippen molar-refractivity contribution in [1.29, 1.82) is 0 Å². The molecule has 0 aliphatic heterocycles. The number of rotatable bonds is 8. The Balaban J connectivity index is 0.00000484. The molecule has 0 spiro atoms. The van der Waals surface area contributed by atoms with Crippen molar-refractivity contribution in [2.45, 2.75) is 45.6 Å². The zero-order chi connectivity index (χ0) is 16.7. The van der Waals surface area contributed by atoms with Crippen LogP contribution in [0, 0.1) is 5.92 Å². The molecule has 5 heteroatoms. The van der Waals surface area contributed by atoms with Crippen LogP contribution in [-0.2, 0) is 4.79 Å². The molecule has 0 aliphatic rings. The number of amides is 1. The van der Waals surface area contributed by atoms with Gasteiger partial charge in [0, 0.05) is 26.1 Å². The van der Waals surface area contributed by atoms with Crippen molar-refractivity contribution < 1.29 is 9.53 Å². The maximum Gasteiger partial charge on any atom is 0.222 e. The first-order valence-corrected chi connectivity index (χ1v) is 7.98. The highest BCUT2D eigenvalue weighted by Crippen LogP contribution is 2.23. The zero-order valence-corrected chi connectivity index (χ0v) is 15.7. The van der Waals surface area contributed by atoms with Gasteiger partial charge in [-0.3, -0.25) is 4.79 Å². The summed E-state index contributed by atoms with van der Waals surface area (Å²) in [5.74, 6) is 1.60. The molecule has 0 heterocycles. The van der Waals surface area contributed by atoms with Crippen LogP contribution in [0.25, 0.3) is 0 Å². The highest BCUT2D eigenvalue weighted by Gasteiger charge is 2.16. The summed E-state index contributed by atoms with van der Waals surface area (Å²) >= 11 is 0. The van der Waals surface area contributed by atoms with Gasteiger partial charge in [-0.25, -0.2) is 0 Å². The number of hydrogen-bond acceptors (Lipinski definition) is 3. The van der Waals surface area contributed by atoms with Crippen molar-refractivity contribution in [2.24, 2.45) is 11.7 Å². The van der Waals surface area contributed by atoms with E-state index in [0.29, 0.717) is 18.9 Å². The lowest BCUT2D eigenvalue weighted by Crippen LogP contribution is -2.35.